The molecule has 0 aliphatic carbocycles. The molecule has 0 unspecified atom stereocenters. The molecule has 0 saturated heterocycles. The number of methoxy groups -OCH3 is 1. The molecule has 0 aliphatic heterocycles. The lowest BCUT2D eigenvalue weighted by molar-refractivity contribution is 0.414. The molecule has 106 valence electrons. The molecular formula is C14H11ClN4O2. The van der Waals surface area contributed by atoms with Crippen molar-refractivity contribution in [1.82, 2.24) is 15.1 Å². The van der Waals surface area contributed by atoms with Crippen LogP contribution in [0.25, 0.3) is 11.3 Å². The molecular weight excluding hydrogens is 292 g/mol. The number of para-hydroxylation sites is 1. The predicted octanol–water partition coefficient (Wildman–Crippen LogP) is 3.54. The lowest BCUT2D eigenvalue weighted by Crippen LogP contribution is -1.92. The fourth-order valence-electron chi connectivity index (χ4n) is 1.85. The van der Waals surface area contributed by atoms with Gasteiger partial charge in [0.1, 0.15) is 17.3 Å². The maximum absolute atomic E-state index is 5.73. The molecule has 6 nitrogen and oxygen atoms in total. The zero-order valence-electron chi connectivity index (χ0n) is 11.1. The van der Waals surface area contributed by atoms with Crippen molar-refractivity contribution < 1.29 is 9.26 Å². The molecule has 2 aromatic heterocycles. The van der Waals surface area contributed by atoms with Gasteiger partial charge in [0, 0.05) is 17.8 Å². The Balaban J connectivity index is 1.86. The number of benzene rings is 1. The normalized spacial score (nSPS) is 10.4. The lowest BCUT2D eigenvalue weighted by Gasteiger charge is -2.03. The van der Waals surface area contributed by atoms with E-state index in [1.165, 1.54) is 0 Å². The van der Waals surface area contributed by atoms with Gasteiger partial charge in [0.25, 0.3) is 0 Å². The maximum Gasteiger partial charge on any atom is 0.230 e. The van der Waals surface area contributed by atoms with Gasteiger partial charge in [-0.3, -0.25) is 0 Å². The van der Waals surface area contributed by atoms with Crippen molar-refractivity contribution in [3.63, 3.8) is 0 Å². The van der Waals surface area contributed by atoms with Crippen LogP contribution in [0.15, 0.2) is 47.1 Å². The van der Waals surface area contributed by atoms with Crippen molar-refractivity contribution in [2.45, 2.75) is 0 Å². The Morgan fingerprint density at radius 3 is 2.90 bits per heavy atom. The number of halogens is 1. The molecule has 2 heterocycles. The van der Waals surface area contributed by atoms with E-state index in [4.69, 9.17) is 20.9 Å². The standard InChI is InChI=1S/C14H11ClN4O2/c1-20-11-5-3-2-4-9(11)10-8-13(21-19-10)17-12-6-7-16-14(15)18-12/h2-8H,1H3,(H,16,17,18). The first-order chi connectivity index (χ1) is 10.3. The lowest BCUT2D eigenvalue weighted by atomic mass is 10.1. The third-order valence-corrected chi connectivity index (χ3v) is 2.95. The molecule has 0 fully saturated rings. The van der Waals surface area contributed by atoms with Gasteiger partial charge >= 0.3 is 0 Å². The molecule has 0 saturated carbocycles. The average molecular weight is 303 g/mol. The second-order valence-electron chi connectivity index (χ2n) is 4.11. The van der Waals surface area contributed by atoms with Crippen LogP contribution in [0.2, 0.25) is 5.28 Å². The fraction of sp³-hybridized carbons (Fsp3) is 0.0714. The van der Waals surface area contributed by atoms with Crippen LogP contribution in [0.5, 0.6) is 5.75 Å². The zero-order chi connectivity index (χ0) is 14.7. The SMILES string of the molecule is COc1ccccc1-c1cc(Nc2ccnc(Cl)n2)on1. The van der Waals surface area contributed by atoms with Crippen LogP contribution < -0.4 is 10.1 Å². The summed E-state index contributed by atoms with van der Waals surface area (Å²) < 4.78 is 10.5. The van der Waals surface area contributed by atoms with E-state index < -0.39 is 0 Å². The fourth-order valence-corrected chi connectivity index (χ4v) is 2.00. The van der Waals surface area contributed by atoms with Gasteiger partial charge in [-0.15, -0.1) is 0 Å². The van der Waals surface area contributed by atoms with Gasteiger partial charge in [0.05, 0.1) is 7.11 Å². The van der Waals surface area contributed by atoms with Gasteiger partial charge in [-0.2, -0.15) is 0 Å². The Hall–Kier alpha value is -2.60. The van der Waals surface area contributed by atoms with Crippen LogP contribution >= 0.6 is 11.6 Å². The van der Waals surface area contributed by atoms with Crippen molar-refractivity contribution in [2.75, 3.05) is 12.4 Å². The summed E-state index contributed by atoms with van der Waals surface area (Å²) in [6.07, 6.45) is 1.55. The van der Waals surface area contributed by atoms with Crippen molar-refractivity contribution in [3.8, 4) is 17.0 Å². The first-order valence-electron chi connectivity index (χ1n) is 6.12. The highest BCUT2D eigenvalue weighted by molar-refractivity contribution is 6.28. The van der Waals surface area contributed by atoms with Gasteiger partial charge in [0.2, 0.25) is 11.2 Å². The molecule has 1 N–H and O–H groups in total. The third-order valence-electron chi connectivity index (χ3n) is 2.77. The third kappa shape index (κ3) is 2.95. The van der Waals surface area contributed by atoms with E-state index >= 15 is 0 Å². The van der Waals surface area contributed by atoms with E-state index in [2.05, 4.69) is 20.4 Å². The highest BCUT2D eigenvalue weighted by Gasteiger charge is 2.11. The summed E-state index contributed by atoms with van der Waals surface area (Å²) in [5, 5.41) is 7.14. The van der Waals surface area contributed by atoms with Crippen LogP contribution in [0.1, 0.15) is 0 Å². The van der Waals surface area contributed by atoms with Crippen LogP contribution in [-0.2, 0) is 0 Å². The van der Waals surface area contributed by atoms with Crippen molar-refractivity contribution in [2.24, 2.45) is 0 Å². The number of hydrogen-bond acceptors (Lipinski definition) is 6. The molecule has 0 amide bonds. The van der Waals surface area contributed by atoms with Crippen molar-refractivity contribution in [3.05, 3.63) is 47.9 Å². The van der Waals surface area contributed by atoms with Crippen molar-refractivity contribution >= 4 is 23.3 Å². The number of rotatable bonds is 4. The van der Waals surface area contributed by atoms with E-state index in [-0.39, 0.29) is 5.28 Å². The predicted molar refractivity (Wildman–Crippen MR) is 78.8 cm³/mol. The van der Waals surface area contributed by atoms with Crippen LogP contribution in [0, 0.1) is 0 Å². The summed E-state index contributed by atoms with van der Waals surface area (Å²) in [5.74, 6) is 1.70. The average Bonchev–Trinajstić information content (AvgIpc) is 2.95. The summed E-state index contributed by atoms with van der Waals surface area (Å²) in [5.41, 5.74) is 1.51. The van der Waals surface area contributed by atoms with E-state index in [9.17, 15) is 0 Å². The molecule has 1 aromatic carbocycles. The Morgan fingerprint density at radius 1 is 1.24 bits per heavy atom. The molecule has 0 bridgehead atoms. The Morgan fingerprint density at radius 2 is 2.10 bits per heavy atom. The van der Waals surface area contributed by atoms with E-state index in [1.807, 2.05) is 24.3 Å². The summed E-state index contributed by atoms with van der Waals surface area (Å²) >= 11 is 5.73. The largest absolute Gasteiger partial charge is 0.496 e. The molecule has 0 spiro atoms. The Kier molecular flexibility index (Phi) is 3.70. The minimum atomic E-state index is 0.157. The topological polar surface area (TPSA) is 73.1 Å². The summed E-state index contributed by atoms with van der Waals surface area (Å²) in [6, 6.07) is 11.0. The van der Waals surface area contributed by atoms with Gasteiger partial charge in [-0.1, -0.05) is 17.3 Å². The minimum Gasteiger partial charge on any atom is -0.496 e. The molecule has 21 heavy (non-hydrogen) atoms. The number of nitrogens with zero attached hydrogens (tertiary/aromatic N) is 3. The van der Waals surface area contributed by atoms with E-state index in [1.54, 1.807) is 25.4 Å². The van der Waals surface area contributed by atoms with Gasteiger partial charge in [0.15, 0.2) is 0 Å². The van der Waals surface area contributed by atoms with Crippen LogP contribution in [0.4, 0.5) is 11.7 Å². The van der Waals surface area contributed by atoms with Crippen LogP contribution in [0.3, 0.4) is 0 Å². The van der Waals surface area contributed by atoms with E-state index in [0.717, 1.165) is 11.3 Å². The van der Waals surface area contributed by atoms with Gasteiger partial charge < -0.3 is 14.6 Å². The number of aromatic nitrogens is 3. The molecule has 0 atom stereocenters. The number of hydrogen-bond donors (Lipinski definition) is 1. The first kappa shape index (κ1) is 13.4. The molecule has 0 radical (unpaired) electrons. The van der Waals surface area contributed by atoms with Crippen LogP contribution in [-0.4, -0.2) is 22.2 Å². The van der Waals surface area contributed by atoms with Gasteiger partial charge in [-0.05, 0) is 29.8 Å². The summed E-state index contributed by atoms with van der Waals surface area (Å²) in [7, 11) is 1.61. The van der Waals surface area contributed by atoms with Gasteiger partial charge in [-0.25, -0.2) is 9.97 Å². The first-order valence-corrected chi connectivity index (χ1v) is 6.50. The second-order valence-corrected chi connectivity index (χ2v) is 4.45. The second kappa shape index (κ2) is 5.80. The zero-order valence-corrected chi connectivity index (χ0v) is 11.8. The number of ether oxygens (including phenoxy) is 1. The highest BCUT2D eigenvalue weighted by atomic mass is 35.5. The number of nitrogens with one attached hydrogen (secondary N) is 1. The summed E-state index contributed by atoms with van der Waals surface area (Å²) in [4.78, 5) is 7.82. The van der Waals surface area contributed by atoms with Crippen molar-refractivity contribution in [1.29, 1.82) is 0 Å². The minimum absolute atomic E-state index is 0.157. The molecule has 7 heteroatoms. The Labute approximate surface area is 125 Å². The number of anilines is 2. The Bertz CT molecular complexity index is 760. The monoisotopic (exact) mass is 302 g/mol. The molecule has 3 aromatic rings. The highest BCUT2D eigenvalue weighted by Crippen LogP contribution is 2.30. The maximum atomic E-state index is 5.73. The molecule has 3 rings (SSSR count). The summed E-state index contributed by atoms with van der Waals surface area (Å²) in [6.45, 7) is 0. The smallest absolute Gasteiger partial charge is 0.230 e. The van der Waals surface area contributed by atoms with E-state index in [0.29, 0.717) is 17.4 Å². The quantitative estimate of drug-likeness (QED) is 0.743. The molecule has 0 aliphatic rings.